The van der Waals surface area contributed by atoms with Crippen molar-refractivity contribution in [3.05, 3.63) is 22.6 Å². The molecule has 0 saturated carbocycles. The molecule has 0 bridgehead atoms. The standard InChI is InChI=1S/C16H19N3O2S/c1-2-3-10-8-14(19-6-4-11(20)5-7-19)18-16-12(10)9-13(22-16)15(17)21/h8-9H,2-7H2,1H3,(H2,17,21). The largest absolute Gasteiger partial charge is 0.365 e. The molecule has 1 saturated heterocycles. The number of amides is 1. The SMILES string of the molecule is CCCc1cc(N2CCC(=O)CC2)nc2sc(C(N)=O)cc12. The molecule has 1 fully saturated rings. The lowest BCUT2D eigenvalue weighted by molar-refractivity contribution is -0.119. The molecule has 6 heteroatoms. The van der Waals surface area contributed by atoms with E-state index in [2.05, 4.69) is 17.9 Å². The summed E-state index contributed by atoms with van der Waals surface area (Å²) in [5, 5.41) is 1.03. The van der Waals surface area contributed by atoms with E-state index in [1.165, 1.54) is 16.9 Å². The van der Waals surface area contributed by atoms with Crippen LogP contribution >= 0.6 is 11.3 Å². The van der Waals surface area contributed by atoms with Gasteiger partial charge in [0.05, 0.1) is 4.88 Å². The maximum Gasteiger partial charge on any atom is 0.258 e. The van der Waals surface area contributed by atoms with E-state index < -0.39 is 5.91 Å². The molecule has 0 aliphatic carbocycles. The maximum absolute atomic E-state index is 11.4. The number of rotatable bonds is 4. The van der Waals surface area contributed by atoms with Crippen LogP contribution in [-0.2, 0) is 11.2 Å². The van der Waals surface area contributed by atoms with E-state index in [9.17, 15) is 9.59 Å². The average molecular weight is 317 g/mol. The van der Waals surface area contributed by atoms with Gasteiger partial charge in [-0.2, -0.15) is 0 Å². The number of anilines is 1. The van der Waals surface area contributed by atoms with Crippen molar-refractivity contribution in [1.29, 1.82) is 0 Å². The lowest BCUT2D eigenvalue weighted by Crippen LogP contribution is -2.34. The number of primary amides is 1. The maximum atomic E-state index is 11.4. The van der Waals surface area contributed by atoms with E-state index in [0.29, 0.717) is 23.5 Å². The van der Waals surface area contributed by atoms with Gasteiger partial charge in [0.1, 0.15) is 16.4 Å². The van der Waals surface area contributed by atoms with Crippen molar-refractivity contribution >= 4 is 39.1 Å². The summed E-state index contributed by atoms with van der Waals surface area (Å²) >= 11 is 1.34. The molecule has 2 aromatic heterocycles. The highest BCUT2D eigenvalue weighted by Crippen LogP contribution is 2.31. The number of fused-ring (bicyclic) bond motifs is 1. The van der Waals surface area contributed by atoms with E-state index >= 15 is 0 Å². The molecule has 22 heavy (non-hydrogen) atoms. The zero-order valence-corrected chi connectivity index (χ0v) is 13.4. The van der Waals surface area contributed by atoms with Gasteiger partial charge in [-0.05, 0) is 24.1 Å². The summed E-state index contributed by atoms with van der Waals surface area (Å²) < 4.78 is 0. The molecule has 3 rings (SSSR count). The first-order chi connectivity index (χ1) is 10.6. The van der Waals surface area contributed by atoms with Crippen LogP contribution in [0.4, 0.5) is 5.82 Å². The summed E-state index contributed by atoms with van der Waals surface area (Å²) in [4.78, 5) is 31.1. The molecule has 1 aliphatic rings. The third-order valence-electron chi connectivity index (χ3n) is 3.99. The highest BCUT2D eigenvalue weighted by Gasteiger charge is 2.20. The predicted molar refractivity (Wildman–Crippen MR) is 88.6 cm³/mol. The quantitative estimate of drug-likeness (QED) is 0.940. The van der Waals surface area contributed by atoms with Crippen molar-refractivity contribution in [2.45, 2.75) is 32.6 Å². The summed E-state index contributed by atoms with van der Waals surface area (Å²) in [5.41, 5.74) is 6.59. The van der Waals surface area contributed by atoms with Crippen LogP contribution in [0.15, 0.2) is 12.1 Å². The molecule has 0 aromatic carbocycles. The van der Waals surface area contributed by atoms with E-state index in [1.807, 2.05) is 6.07 Å². The Hall–Kier alpha value is -1.95. The van der Waals surface area contributed by atoms with Crippen LogP contribution in [0.1, 0.15) is 41.4 Å². The number of aromatic nitrogens is 1. The molecule has 1 aliphatic heterocycles. The van der Waals surface area contributed by atoms with Gasteiger partial charge in [0.2, 0.25) is 0 Å². The van der Waals surface area contributed by atoms with E-state index in [-0.39, 0.29) is 0 Å². The second-order valence-corrected chi connectivity index (χ2v) is 6.64. The van der Waals surface area contributed by atoms with Gasteiger partial charge in [-0.3, -0.25) is 9.59 Å². The first-order valence-corrected chi connectivity index (χ1v) is 8.40. The first kappa shape index (κ1) is 15.0. The van der Waals surface area contributed by atoms with Gasteiger partial charge in [-0.15, -0.1) is 11.3 Å². The molecule has 116 valence electrons. The number of nitrogens with two attached hydrogens (primary N) is 1. The molecular weight excluding hydrogens is 298 g/mol. The second kappa shape index (κ2) is 6.04. The van der Waals surface area contributed by atoms with Crippen molar-refractivity contribution in [2.75, 3.05) is 18.0 Å². The highest BCUT2D eigenvalue weighted by molar-refractivity contribution is 7.20. The number of hydrogen-bond donors (Lipinski definition) is 1. The Morgan fingerprint density at radius 3 is 2.73 bits per heavy atom. The van der Waals surface area contributed by atoms with Gasteiger partial charge >= 0.3 is 0 Å². The fourth-order valence-corrected chi connectivity index (χ4v) is 3.73. The van der Waals surface area contributed by atoms with Crippen LogP contribution in [0, 0.1) is 0 Å². The van der Waals surface area contributed by atoms with Crippen molar-refractivity contribution in [3.63, 3.8) is 0 Å². The number of nitrogens with zero attached hydrogens (tertiary/aromatic N) is 2. The molecule has 2 N–H and O–H groups in total. The summed E-state index contributed by atoms with van der Waals surface area (Å²) in [6.07, 6.45) is 3.13. The molecule has 2 aromatic rings. The number of pyridine rings is 1. The predicted octanol–water partition coefficient (Wildman–Crippen LogP) is 2.52. The number of ketones is 1. The van der Waals surface area contributed by atoms with Crippen molar-refractivity contribution in [2.24, 2.45) is 5.73 Å². The summed E-state index contributed by atoms with van der Waals surface area (Å²) in [6.45, 7) is 3.57. The number of carbonyl (C=O) groups excluding carboxylic acids is 2. The van der Waals surface area contributed by atoms with Crippen molar-refractivity contribution < 1.29 is 9.59 Å². The Morgan fingerprint density at radius 1 is 1.36 bits per heavy atom. The smallest absolute Gasteiger partial charge is 0.258 e. The average Bonchev–Trinajstić information content (AvgIpc) is 2.93. The minimum atomic E-state index is -0.407. The molecule has 1 amide bonds. The van der Waals surface area contributed by atoms with E-state index in [0.717, 1.165) is 42.0 Å². The van der Waals surface area contributed by atoms with Gasteiger partial charge in [0.15, 0.2) is 0 Å². The van der Waals surface area contributed by atoms with Crippen LogP contribution in [0.25, 0.3) is 10.2 Å². The summed E-state index contributed by atoms with van der Waals surface area (Å²) in [5.74, 6) is 0.815. The number of thiophene rings is 1. The molecule has 0 unspecified atom stereocenters. The third kappa shape index (κ3) is 2.83. The number of carbonyl (C=O) groups is 2. The monoisotopic (exact) mass is 317 g/mol. The van der Waals surface area contributed by atoms with E-state index in [4.69, 9.17) is 10.7 Å². The Bertz CT molecular complexity index is 728. The van der Waals surface area contributed by atoms with Gasteiger partial charge in [0, 0.05) is 31.3 Å². The molecule has 0 spiro atoms. The number of aryl methyl sites for hydroxylation is 1. The number of piperidine rings is 1. The zero-order chi connectivity index (χ0) is 15.7. The summed E-state index contributed by atoms with van der Waals surface area (Å²) in [7, 11) is 0. The molecule has 5 nitrogen and oxygen atoms in total. The lowest BCUT2D eigenvalue weighted by atomic mass is 10.1. The zero-order valence-electron chi connectivity index (χ0n) is 12.6. The number of Topliss-reactive ketones (excluding diaryl/α,β-unsaturated/α-hetero) is 1. The Kier molecular flexibility index (Phi) is 4.11. The van der Waals surface area contributed by atoms with Crippen LogP contribution < -0.4 is 10.6 Å². The molecule has 3 heterocycles. The highest BCUT2D eigenvalue weighted by atomic mass is 32.1. The third-order valence-corrected chi connectivity index (χ3v) is 5.03. The molecule has 0 radical (unpaired) electrons. The Balaban J connectivity index is 2.03. The van der Waals surface area contributed by atoms with Gasteiger partial charge in [-0.1, -0.05) is 13.3 Å². The van der Waals surface area contributed by atoms with Gasteiger partial charge in [0.25, 0.3) is 5.91 Å². The minimum absolute atomic E-state index is 0.318. The Morgan fingerprint density at radius 2 is 2.09 bits per heavy atom. The van der Waals surface area contributed by atoms with E-state index in [1.54, 1.807) is 0 Å². The fraction of sp³-hybridized carbons (Fsp3) is 0.438. The summed E-state index contributed by atoms with van der Waals surface area (Å²) in [6, 6.07) is 3.95. The Labute approximate surface area is 133 Å². The normalized spacial score (nSPS) is 15.5. The topological polar surface area (TPSA) is 76.3 Å². The number of hydrogen-bond acceptors (Lipinski definition) is 5. The van der Waals surface area contributed by atoms with Gasteiger partial charge in [-0.25, -0.2) is 4.98 Å². The van der Waals surface area contributed by atoms with Crippen LogP contribution in [-0.4, -0.2) is 29.8 Å². The van der Waals surface area contributed by atoms with Gasteiger partial charge < -0.3 is 10.6 Å². The van der Waals surface area contributed by atoms with Crippen LogP contribution in [0.3, 0.4) is 0 Å². The second-order valence-electron chi connectivity index (χ2n) is 5.61. The molecule has 0 atom stereocenters. The first-order valence-electron chi connectivity index (χ1n) is 7.58. The molecular formula is C16H19N3O2S. The van der Waals surface area contributed by atoms with Crippen LogP contribution in [0.2, 0.25) is 0 Å². The lowest BCUT2D eigenvalue weighted by Gasteiger charge is -2.27. The van der Waals surface area contributed by atoms with Crippen molar-refractivity contribution in [1.82, 2.24) is 4.98 Å². The fourth-order valence-electron chi connectivity index (χ4n) is 2.81. The van der Waals surface area contributed by atoms with Crippen LogP contribution in [0.5, 0.6) is 0 Å². The minimum Gasteiger partial charge on any atom is -0.365 e. The van der Waals surface area contributed by atoms with Crippen molar-refractivity contribution in [3.8, 4) is 0 Å².